The molecule has 1 unspecified atom stereocenters. The first-order valence-corrected chi connectivity index (χ1v) is 7.64. The van der Waals surface area contributed by atoms with Crippen LogP contribution in [0.25, 0.3) is 0 Å². The van der Waals surface area contributed by atoms with Gasteiger partial charge in [0.15, 0.2) is 0 Å². The Hall–Kier alpha value is -2.03. The van der Waals surface area contributed by atoms with Gasteiger partial charge in [-0.1, -0.05) is 26.0 Å². The van der Waals surface area contributed by atoms with E-state index in [1.54, 1.807) is 0 Å². The summed E-state index contributed by atoms with van der Waals surface area (Å²) in [6.07, 6.45) is 2.96. The van der Waals surface area contributed by atoms with Gasteiger partial charge in [-0.05, 0) is 49.1 Å². The van der Waals surface area contributed by atoms with Crippen molar-refractivity contribution in [3.05, 3.63) is 53.9 Å². The molecule has 1 N–H and O–H groups in total. The minimum Gasteiger partial charge on any atom is -0.487 e. The highest BCUT2D eigenvalue weighted by molar-refractivity contribution is 5.43. The molecule has 0 fully saturated rings. The quantitative estimate of drug-likeness (QED) is 0.806. The van der Waals surface area contributed by atoms with E-state index in [0.717, 1.165) is 30.1 Å². The van der Waals surface area contributed by atoms with Crippen LogP contribution in [0.15, 0.2) is 42.6 Å². The SMILES string of the molecule is CCNc1ccnc(COc2ccc(C(C)CC)cc2)c1. The number of pyridine rings is 1. The summed E-state index contributed by atoms with van der Waals surface area (Å²) in [5.74, 6) is 1.48. The standard InChI is InChI=1S/C18H24N2O/c1-4-14(3)15-6-8-18(9-7-15)21-13-17-12-16(19-5-2)10-11-20-17/h6-12,14H,4-5,13H2,1-3H3,(H,19,20). The molecule has 112 valence electrons. The van der Waals surface area contributed by atoms with Crippen molar-refractivity contribution < 1.29 is 4.74 Å². The van der Waals surface area contributed by atoms with Gasteiger partial charge < -0.3 is 10.1 Å². The highest BCUT2D eigenvalue weighted by Gasteiger charge is 2.03. The van der Waals surface area contributed by atoms with E-state index in [0.29, 0.717) is 12.5 Å². The van der Waals surface area contributed by atoms with Crippen LogP contribution in [0.1, 0.15) is 44.4 Å². The fourth-order valence-electron chi connectivity index (χ4n) is 2.16. The molecule has 0 aliphatic carbocycles. The zero-order chi connectivity index (χ0) is 15.1. The lowest BCUT2D eigenvalue weighted by Crippen LogP contribution is -2.01. The van der Waals surface area contributed by atoms with E-state index in [4.69, 9.17) is 4.74 Å². The Balaban J connectivity index is 1.95. The maximum atomic E-state index is 5.80. The minimum atomic E-state index is 0.488. The highest BCUT2D eigenvalue weighted by atomic mass is 16.5. The largest absolute Gasteiger partial charge is 0.487 e. The van der Waals surface area contributed by atoms with Gasteiger partial charge in [-0.2, -0.15) is 0 Å². The van der Waals surface area contributed by atoms with Crippen LogP contribution in [-0.2, 0) is 6.61 Å². The smallest absolute Gasteiger partial charge is 0.130 e. The Labute approximate surface area is 127 Å². The molecular formula is C18H24N2O. The van der Waals surface area contributed by atoms with Crippen LogP contribution < -0.4 is 10.1 Å². The number of anilines is 1. The van der Waals surface area contributed by atoms with Gasteiger partial charge in [0.1, 0.15) is 12.4 Å². The molecule has 0 saturated carbocycles. The Kier molecular flexibility index (Phi) is 5.61. The van der Waals surface area contributed by atoms with Gasteiger partial charge in [0.25, 0.3) is 0 Å². The predicted octanol–water partition coefficient (Wildman–Crippen LogP) is 4.61. The third-order valence-corrected chi connectivity index (χ3v) is 3.65. The number of benzene rings is 1. The van der Waals surface area contributed by atoms with Gasteiger partial charge in [-0.3, -0.25) is 4.98 Å². The third kappa shape index (κ3) is 4.48. The van der Waals surface area contributed by atoms with Crippen LogP contribution in [0, 0.1) is 0 Å². The van der Waals surface area contributed by atoms with Gasteiger partial charge in [0, 0.05) is 18.4 Å². The molecule has 0 bridgehead atoms. The van der Waals surface area contributed by atoms with Crippen molar-refractivity contribution >= 4 is 5.69 Å². The molecule has 0 spiro atoms. The summed E-state index contributed by atoms with van der Waals surface area (Å²) in [5, 5.41) is 3.28. The molecule has 2 rings (SSSR count). The van der Waals surface area contributed by atoms with Crippen molar-refractivity contribution in [3.8, 4) is 5.75 Å². The van der Waals surface area contributed by atoms with E-state index in [2.05, 4.69) is 43.2 Å². The molecule has 3 nitrogen and oxygen atoms in total. The average Bonchev–Trinajstić information content (AvgIpc) is 2.53. The molecule has 3 heteroatoms. The third-order valence-electron chi connectivity index (χ3n) is 3.65. The summed E-state index contributed by atoms with van der Waals surface area (Å²) in [4.78, 5) is 4.33. The minimum absolute atomic E-state index is 0.488. The zero-order valence-electron chi connectivity index (χ0n) is 13.1. The maximum absolute atomic E-state index is 5.80. The molecule has 1 aromatic heterocycles. The van der Waals surface area contributed by atoms with Crippen LogP contribution in [0.5, 0.6) is 5.75 Å². The van der Waals surface area contributed by atoms with Crippen molar-refractivity contribution in [2.75, 3.05) is 11.9 Å². The topological polar surface area (TPSA) is 34.2 Å². The molecular weight excluding hydrogens is 260 g/mol. The fraction of sp³-hybridized carbons (Fsp3) is 0.389. The lowest BCUT2D eigenvalue weighted by molar-refractivity contribution is 0.301. The normalized spacial score (nSPS) is 12.0. The van der Waals surface area contributed by atoms with Gasteiger partial charge in [0.2, 0.25) is 0 Å². The summed E-state index contributed by atoms with van der Waals surface area (Å²) in [5.41, 5.74) is 3.37. The van der Waals surface area contributed by atoms with Gasteiger partial charge in [0.05, 0.1) is 5.69 Å². The lowest BCUT2D eigenvalue weighted by Gasteiger charge is -2.11. The van der Waals surface area contributed by atoms with Crippen LogP contribution in [0.2, 0.25) is 0 Å². The number of ether oxygens (including phenoxy) is 1. The molecule has 0 aliphatic heterocycles. The molecule has 0 amide bonds. The van der Waals surface area contributed by atoms with Crippen LogP contribution in [0.3, 0.4) is 0 Å². The Morgan fingerprint density at radius 1 is 1.14 bits per heavy atom. The number of nitrogens with one attached hydrogen (secondary N) is 1. The molecule has 1 heterocycles. The number of hydrogen-bond acceptors (Lipinski definition) is 3. The number of rotatable bonds is 7. The summed E-state index contributed by atoms with van der Waals surface area (Å²) in [6, 6.07) is 12.4. The Morgan fingerprint density at radius 2 is 1.90 bits per heavy atom. The first-order valence-electron chi connectivity index (χ1n) is 7.64. The van der Waals surface area contributed by atoms with E-state index in [-0.39, 0.29) is 0 Å². The summed E-state index contributed by atoms with van der Waals surface area (Å²) < 4.78 is 5.80. The number of aromatic nitrogens is 1. The molecule has 21 heavy (non-hydrogen) atoms. The van der Waals surface area contributed by atoms with Crippen LogP contribution in [-0.4, -0.2) is 11.5 Å². The van der Waals surface area contributed by atoms with Gasteiger partial charge in [-0.25, -0.2) is 0 Å². The second-order valence-electron chi connectivity index (χ2n) is 5.23. The van der Waals surface area contributed by atoms with E-state index in [1.165, 1.54) is 5.56 Å². The maximum Gasteiger partial charge on any atom is 0.130 e. The van der Waals surface area contributed by atoms with Crippen molar-refractivity contribution in [2.24, 2.45) is 0 Å². The van der Waals surface area contributed by atoms with Crippen molar-refractivity contribution in [1.29, 1.82) is 0 Å². The zero-order valence-corrected chi connectivity index (χ0v) is 13.1. The molecule has 1 aromatic carbocycles. The van der Waals surface area contributed by atoms with E-state index in [9.17, 15) is 0 Å². The molecule has 0 radical (unpaired) electrons. The van der Waals surface area contributed by atoms with Crippen molar-refractivity contribution in [2.45, 2.75) is 39.7 Å². The highest BCUT2D eigenvalue weighted by Crippen LogP contribution is 2.22. The Morgan fingerprint density at radius 3 is 2.57 bits per heavy atom. The molecule has 2 aromatic rings. The second-order valence-corrected chi connectivity index (χ2v) is 5.23. The van der Waals surface area contributed by atoms with E-state index < -0.39 is 0 Å². The van der Waals surface area contributed by atoms with Gasteiger partial charge in [-0.15, -0.1) is 0 Å². The second kappa shape index (κ2) is 7.67. The van der Waals surface area contributed by atoms with Crippen LogP contribution in [0.4, 0.5) is 5.69 Å². The van der Waals surface area contributed by atoms with E-state index in [1.807, 2.05) is 30.5 Å². The predicted molar refractivity (Wildman–Crippen MR) is 87.9 cm³/mol. The average molecular weight is 284 g/mol. The van der Waals surface area contributed by atoms with Crippen molar-refractivity contribution in [3.63, 3.8) is 0 Å². The number of hydrogen-bond donors (Lipinski definition) is 1. The first-order chi connectivity index (χ1) is 10.2. The summed E-state index contributed by atoms with van der Waals surface area (Å²) in [6.45, 7) is 7.92. The van der Waals surface area contributed by atoms with Crippen LogP contribution >= 0.6 is 0 Å². The summed E-state index contributed by atoms with van der Waals surface area (Å²) in [7, 11) is 0. The van der Waals surface area contributed by atoms with E-state index >= 15 is 0 Å². The van der Waals surface area contributed by atoms with Gasteiger partial charge >= 0.3 is 0 Å². The fourth-order valence-corrected chi connectivity index (χ4v) is 2.16. The monoisotopic (exact) mass is 284 g/mol. The molecule has 0 aliphatic rings. The number of nitrogens with zero attached hydrogens (tertiary/aromatic N) is 1. The molecule has 1 atom stereocenters. The Bertz CT molecular complexity index is 551. The van der Waals surface area contributed by atoms with Crippen molar-refractivity contribution in [1.82, 2.24) is 4.98 Å². The molecule has 0 saturated heterocycles. The first kappa shape index (κ1) is 15.4. The lowest BCUT2D eigenvalue weighted by atomic mass is 9.99. The summed E-state index contributed by atoms with van der Waals surface area (Å²) >= 11 is 0.